The summed E-state index contributed by atoms with van der Waals surface area (Å²) in [5.41, 5.74) is 12.5. The summed E-state index contributed by atoms with van der Waals surface area (Å²) in [6.07, 6.45) is 17.3. The van der Waals surface area contributed by atoms with E-state index in [1.807, 2.05) is 12.1 Å². The number of nitrogens with one attached hydrogen (secondary N) is 2. The molecule has 0 spiro atoms. The van der Waals surface area contributed by atoms with Crippen molar-refractivity contribution in [2.75, 3.05) is 0 Å². The van der Waals surface area contributed by atoms with Crippen LogP contribution in [0.25, 0.3) is 68.6 Å². The van der Waals surface area contributed by atoms with E-state index in [0.29, 0.717) is 0 Å². The highest BCUT2D eigenvalue weighted by Gasteiger charge is 2.15. The number of hydrogen-bond acceptors (Lipinski definition) is 2. The van der Waals surface area contributed by atoms with Gasteiger partial charge in [-0.1, -0.05) is 72.5 Å². The fourth-order valence-electron chi connectivity index (χ4n) is 5.68. The van der Waals surface area contributed by atoms with Gasteiger partial charge in [0.05, 0.1) is 33.9 Å². The molecular weight excluding hydrogens is 536 g/mol. The van der Waals surface area contributed by atoms with Crippen molar-refractivity contribution < 1.29 is 0 Å². The van der Waals surface area contributed by atoms with Gasteiger partial charge in [-0.15, -0.1) is 12.3 Å². The van der Waals surface area contributed by atoms with Gasteiger partial charge in [-0.25, -0.2) is 9.97 Å². The minimum absolute atomic E-state index is 0.775. The van der Waals surface area contributed by atoms with Crippen LogP contribution in [0.2, 0.25) is 0 Å². The van der Waals surface area contributed by atoms with Crippen molar-refractivity contribution in [1.82, 2.24) is 19.9 Å². The van der Waals surface area contributed by atoms with Gasteiger partial charge in [0.1, 0.15) is 0 Å². The second kappa shape index (κ2) is 12.2. The maximum absolute atomic E-state index is 5.45. The highest BCUT2D eigenvalue weighted by Crippen LogP contribution is 2.33. The maximum Gasteiger partial charge on any atom is 0.0815 e. The van der Waals surface area contributed by atoms with E-state index in [2.05, 4.69) is 131 Å². The highest BCUT2D eigenvalue weighted by molar-refractivity contribution is 5.94. The molecule has 4 nitrogen and oxygen atoms in total. The van der Waals surface area contributed by atoms with E-state index in [0.717, 1.165) is 98.3 Å². The first-order valence-corrected chi connectivity index (χ1v) is 14.9. The van der Waals surface area contributed by atoms with Crippen LogP contribution in [0, 0.1) is 24.2 Å². The van der Waals surface area contributed by atoms with Gasteiger partial charge in [0, 0.05) is 40.5 Å². The summed E-state index contributed by atoms with van der Waals surface area (Å²) in [6, 6.07) is 31.3. The summed E-state index contributed by atoms with van der Waals surface area (Å²) >= 11 is 0. The molecule has 210 valence electrons. The maximum atomic E-state index is 5.45. The predicted octanol–water partition coefficient (Wildman–Crippen LogP) is 9.53. The number of benzene rings is 2. The second-order valence-electron chi connectivity index (χ2n) is 10.8. The molecule has 2 aliphatic heterocycles. The number of terminal acetylenes is 1. The molecular formula is C40H30N4. The normalized spacial score (nSPS) is 11.6. The summed E-state index contributed by atoms with van der Waals surface area (Å²) in [7, 11) is 0. The molecule has 0 unspecified atom stereocenters. The molecule has 44 heavy (non-hydrogen) atoms. The predicted molar refractivity (Wildman–Crippen MR) is 184 cm³/mol. The van der Waals surface area contributed by atoms with Crippen molar-refractivity contribution in [1.29, 1.82) is 0 Å². The van der Waals surface area contributed by atoms with Gasteiger partial charge in [0.25, 0.3) is 0 Å². The number of aromatic nitrogens is 4. The van der Waals surface area contributed by atoms with E-state index in [1.54, 1.807) is 0 Å². The summed E-state index contributed by atoms with van der Waals surface area (Å²) in [5, 5.41) is 0. The lowest BCUT2D eigenvalue weighted by atomic mass is 10.0. The first-order valence-electron chi connectivity index (χ1n) is 14.9. The molecule has 0 aliphatic carbocycles. The minimum atomic E-state index is 0.775. The van der Waals surface area contributed by atoms with Crippen LogP contribution < -0.4 is 0 Å². The van der Waals surface area contributed by atoms with E-state index in [1.165, 1.54) is 0 Å². The summed E-state index contributed by atoms with van der Waals surface area (Å²) < 4.78 is 0. The van der Waals surface area contributed by atoms with Gasteiger partial charge >= 0.3 is 0 Å². The number of fused-ring (bicyclic) bond motifs is 8. The largest absolute Gasteiger partial charge is 0.355 e. The second-order valence-corrected chi connectivity index (χ2v) is 10.8. The fourth-order valence-corrected chi connectivity index (χ4v) is 5.68. The molecule has 2 N–H and O–H groups in total. The lowest BCUT2D eigenvalue weighted by Gasteiger charge is -2.04. The third-order valence-corrected chi connectivity index (χ3v) is 7.79. The molecule has 2 aromatic carbocycles. The third kappa shape index (κ3) is 5.50. The first kappa shape index (κ1) is 27.0. The van der Waals surface area contributed by atoms with Crippen molar-refractivity contribution in [2.24, 2.45) is 0 Å². The van der Waals surface area contributed by atoms with Gasteiger partial charge in [0.2, 0.25) is 0 Å². The van der Waals surface area contributed by atoms with E-state index in [9.17, 15) is 0 Å². The zero-order chi connectivity index (χ0) is 29.7. The van der Waals surface area contributed by atoms with Crippen LogP contribution in [-0.4, -0.2) is 19.9 Å². The molecule has 0 atom stereocenters. The molecule has 3 aromatic heterocycles. The van der Waals surface area contributed by atoms with E-state index in [4.69, 9.17) is 16.4 Å². The molecule has 0 radical (unpaired) electrons. The van der Waals surface area contributed by atoms with E-state index >= 15 is 0 Å². The van der Waals surface area contributed by atoms with Crippen molar-refractivity contribution in [2.45, 2.75) is 25.7 Å². The zero-order valence-corrected chi connectivity index (χ0v) is 24.3. The number of hydrogen-bond donors (Lipinski definition) is 2. The zero-order valence-electron chi connectivity index (χ0n) is 24.3. The van der Waals surface area contributed by atoms with Crippen molar-refractivity contribution in [3.05, 3.63) is 119 Å². The number of rotatable bonds is 5. The van der Waals surface area contributed by atoms with Gasteiger partial charge in [-0.3, -0.25) is 0 Å². The smallest absolute Gasteiger partial charge is 0.0815 e. The number of aromatic amines is 2. The third-order valence-electron chi connectivity index (χ3n) is 7.79. The van der Waals surface area contributed by atoms with Crippen molar-refractivity contribution in [3.63, 3.8) is 0 Å². The topological polar surface area (TPSA) is 57.4 Å². The number of H-pyrrole nitrogens is 2. The standard InChI is InChI=1S/C40H30N4/c1-2-3-4-5-6-13-18-32-33-23-25-37(43-33)39(28-14-9-7-10-15-28)35-21-19-30(41-35)27-31-20-22-36(42-31)40(29-16-11-8-12-17-29)38-26-24-34(32)44-38/h1,7-12,14-17,19-27,41,44H,3-6H2. The van der Waals surface area contributed by atoms with Crippen molar-refractivity contribution >= 4 is 46.4 Å². The lowest BCUT2D eigenvalue weighted by molar-refractivity contribution is 0.783. The fraction of sp³-hybridized carbons (Fsp3) is 0.100. The SMILES string of the molecule is C#CCCCCC#Cc1c2nc(c(-c3ccccc3)c3ccc(cc4nc(c(-c5ccccc5)c5ccc1[nH]5)C=C4)[nH]3)C=C2. The Morgan fingerprint density at radius 3 is 1.95 bits per heavy atom. The molecule has 0 saturated heterocycles. The Balaban J connectivity index is 1.55. The Labute approximate surface area is 257 Å². The van der Waals surface area contributed by atoms with Gasteiger partial charge in [-0.2, -0.15) is 0 Å². The monoisotopic (exact) mass is 566 g/mol. The Morgan fingerprint density at radius 1 is 0.591 bits per heavy atom. The van der Waals surface area contributed by atoms with Crippen LogP contribution in [-0.2, 0) is 0 Å². The van der Waals surface area contributed by atoms with E-state index in [-0.39, 0.29) is 0 Å². The minimum Gasteiger partial charge on any atom is -0.355 e. The van der Waals surface area contributed by atoms with Crippen LogP contribution in [0.1, 0.15) is 54.0 Å². The van der Waals surface area contributed by atoms with Crippen molar-refractivity contribution in [3.8, 4) is 46.4 Å². The number of unbranched alkanes of at least 4 members (excludes halogenated alkanes) is 3. The molecule has 5 aromatic rings. The molecule has 0 fully saturated rings. The van der Waals surface area contributed by atoms with Crippen LogP contribution in [0.3, 0.4) is 0 Å². The average molecular weight is 567 g/mol. The van der Waals surface area contributed by atoms with Gasteiger partial charge in [0.15, 0.2) is 0 Å². The van der Waals surface area contributed by atoms with Crippen LogP contribution in [0.5, 0.6) is 0 Å². The molecule has 8 bridgehead atoms. The highest BCUT2D eigenvalue weighted by atomic mass is 14.8. The number of nitrogens with zero attached hydrogens (tertiary/aromatic N) is 2. The van der Waals surface area contributed by atoms with Crippen LogP contribution >= 0.6 is 0 Å². The molecule has 0 amide bonds. The Bertz CT molecular complexity index is 2140. The van der Waals surface area contributed by atoms with E-state index < -0.39 is 0 Å². The average Bonchev–Trinajstić information content (AvgIpc) is 3.88. The summed E-state index contributed by atoms with van der Waals surface area (Å²) in [6.45, 7) is 0. The Kier molecular flexibility index (Phi) is 7.48. The summed E-state index contributed by atoms with van der Waals surface area (Å²) in [4.78, 5) is 17.6. The molecule has 5 heterocycles. The molecule has 4 heteroatoms. The van der Waals surface area contributed by atoms with Crippen LogP contribution in [0.15, 0.2) is 91.0 Å². The quantitative estimate of drug-likeness (QED) is 0.161. The molecule has 2 aliphatic rings. The summed E-state index contributed by atoms with van der Waals surface area (Å²) in [5.74, 6) is 9.60. The van der Waals surface area contributed by atoms with Gasteiger partial charge in [-0.05, 0) is 78.6 Å². The lowest BCUT2D eigenvalue weighted by Crippen LogP contribution is -1.88. The van der Waals surface area contributed by atoms with Gasteiger partial charge < -0.3 is 9.97 Å². The van der Waals surface area contributed by atoms with Crippen LogP contribution in [0.4, 0.5) is 0 Å². The Morgan fingerprint density at radius 2 is 1.20 bits per heavy atom. The molecule has 0 saturated carbocycles. The molecule has 7 rings (SSSR count). The first-order chi connectivity index (χ1) is 21.8. The Hall–Kier alpha value is -5.84.